The maximum absolute atomic E-state index is 12.5. The van der Waals surface area contributed by atoms with Crippen molar-refractivity contribution in [2.24, 2.45) is 17.3 Å². The highest BCUT2D eigenvalue weighted by molar-refractivity contribution is 5.80. The van der Waals surface area contributed by atoms with E-state index in [0.29, 0.717) is 0 Å². The van der Waals surface area contributed by atoms with Gasteiger partial charge in [0.1, 0.15) is 0 Å². The van der Waals surface area contributed by atoms with Crippen LogP contribution < -0.4 is 14.8 Å². The van der Waals surface area contributed by atoms with E-state index in [2.05, 4.69) is 5.32 Å². The summed E-state index contributed by atoms with van der Waals surface area (Å²) >= 11 is 0. The topological polar surface area (TPSA) is 156 Å². The van der Waals surface area contributed by atoms with Gasteiger partial charge in [0, 0.05) is 12.5 Å². The summed E-state index contributed by atoms with van der Waals surface area (Å²) in [5, 5.41) is 12.9. The lowest BCUT2D eigenvalue weighted by atomic mass is 9.99. The fourth-order valence-corrected chi connectivity index (χ4v) is 3.03. The SMILES string of the molecule is CC(C)COC(=O)Oc1ccc(C[C@](NC(C)C)(OC(=O)OCC(C)(C)C)C(=O)O)cc1OC(=O)OCC(C)C. The zero-order valence-corrected chi connectivity index (χ0v) is 24.8. The van der Waals surface area contributed by atoms with Gasteiger partial charge in [-0.3, -0.25) is 5.32 Å². The van der Waals surface area contributed by atoms with Gasteiger partial charge in [0.25, 0.3) is 5.72 Å². The minimum Gasteiger partial charge on any atom is -0.477 e. The Morgan fingerprint density at radius 2 is 1.32 bits per heavy atom. The molecule has 226 valence electrons. The Hall–Kier alpha value is -3.54. The first-order valence-electron chi connectivity index (χ1n) is 13.1. The van der Waals surface area contributed by atoms with E-state index in [1.165, 1.54) is 18.2 Å². The van der Waals surface area contributed by atoms with Crippen LogP contribution in [0.2, 0.25) is 0 Å². The molecule has 1 aromatic rings. The van der Waals surface area contributed by atoms with Gasteiger partial charge < -0.3 is 33.5 Å². The summed E-state index contributed by atoms with van der Waals surface area (Å²) in [6, 6.07) is 3.59. The summed E-state index contributed by atoms with van der Waals surface area (Å²) in [5.74, 6) is -1.78. The van der Waals surface area contributed by atoms with Crippen LogP contribution in [0.1, 0.15) is 67.9 Å². The van der Waals surface area contributed by atoms with Crippen molar-refractivity contribution >= 4 is 24.4 Å². The Balaban J connectivity index is 3.37. The molecule has 12 heteroatoms. The fourth-order valence-electron chi connectivity index (χ4n) is 3.03. The molecule has 12 nitrogen and oxygen atoms in total. The molecule has 0 unspecified atom stereocenters. The number of hydrogen-bond donors (Lipinski definition) is 2. The largest absolute Gasteiger partial charge is 0.513 e. The first-order chi connectivity index (χ1) is 18.4. The fraction of sp³-hybridized carbons (Fsp3) is 0.643. The van der Waals surface area contributed by atoms with Crippen LogP contribution >= 0.6 is 0 Å². The van der Waals surface area contributed by atoms with E-state index in [1.54, 1.807) is 13.8 Å². The van der Waals surface area contributed by atoms with Crippen molar-refractivity contribution in [3.8, 4) is 11.5 Å². The molecule has 1 aromatic carbocycles. The van der Waals surface area contributed by atoms with Crippen LogP contribution in [0.25, 0.3) is 0 Å². The van der Waals surface area contributed by atoms with E-state index in [4.69, 9.17) is 28.4 Å². The van der Waals surface area contributed by atoms with E-state index >= 15 is 0 Å². The van der Waals surface area contributed by atoms with Gasteiger partial charge in [0.05, 0.1) is 19.8 Å². The highest BCUT2D eigenvalue weighted by Gasteiger charge is 2.44. The maximum atomic E-state index is 12.5. The smallest absolute Gasteiger partial charge is 0.477 e. The number of benzene rings is 1. The molecule has 0 aromatic heterocycles. The number of nitrogens with one attached hydrogen (secondary N) is 1. The van der Waals surface area contributed by atoms with E-state index in [-0.39, 0.29) is 54.1 Å². The Morgan fingerprint density at radius 1 is 0.800 bits per heavy atom. The van der Waals surface area contributed by atoms with Crippen LogP contribution in [-0.4, -0.2) is 61.1 Å². The lowest BCUT2D eigenvalue weighted by molar-refractivity contribution is -0.167. The van der Waals surface area contributed by atoms with Crippen LogP contribution in [0, 0.1) is 17.3 Å². The first-order valence-corrected chi connectivity index (χ1v) is 13.1. The zero-order valence-electron chi connectivity index (χ0n) is 24.8. The van der Waals surface area contributed by atoms with Gasteiger partial charge in [0.15, 0.2) is 11.5 Å². The molecule has 0 fully saturated rings. The van der Waals surface area contributed by atoms with Gasteiger partial charge in [0.2, 0.25) is 0 Å². The molecule has 0 bridgehead atoms. The van der Waals surface area contributed by atoms with Crippen molar-refractivity contribution in [1.29, 1.82) is 0 Å². The van der Waals surface area contributed by atoms with Gasteiger partial charge in [-0.2, -0.15) is 0 Å². The Morgan fingerprint density at radius 3 is 1.77 bits per heavy atom. The van der Waals surface area contributed by atoms with Gasteiger partial charge in [-0.25, -0.2) is 19.2 Å². The highest BCUT2D eigenvalue weighted by Crippen LogP contribution is 2.31. The molecule has 1 atom stereocenters. The van der Waals surface area contributed by atoms with Crippen molar-refractivity contribution in [1.82, 2.24) is 5.32 Å². The van der Waals surface area contributed by atoms with E-state index in [0.717, 1.165) is 0 Å². The normalized spacial score (nSPS) is 13.0. The molecule has 0 heterocycles. The lowest BCUT2D eigenvalue weighted by Crippen LogP contribution is -2.59. The average Bonchev–Trinajstić information content (AvgIpc) is 2.80. The van der Waals surface area contributed by atoms with Crippen LogP contribution in [0.4, 0.5) is 14.4 Å². The number of carboxylic acids is 1. The molecule has 0 spiro atoms. The molecule has 2 N–H and O–H groups in total. The molecular weight excluding hydrogens is 526 g/mol. The van der Waals surface area contributed by atoms with Crippen molar-refractivity contribution in [3.05, 3.63) is 23.8 Å². The second-order valence-corrected chi connectivity index (χ2v) is 11.7. The predicted molar refractivity (Wildman–Crippen MR) is 144 cm³/mol. The second kappa shape index (κ2) is 15.3. The third kappa shape index (κ3) is 13.0. The van der Waals surface area contributed by atoms with Crippen molar-refractivity contribution in [3.63, 3.8) is 0 Å². The number of aliphatic carboxylic acids is 1. The van der Waals surface area contributed by atoms with E-state index < -0.39 is 42.6 Å². The summed E-state index contributed by atoms with van der Waals surface area (Å²) in [6.07, 6.45) is -3.65. The summed E-state index contributed by atoms with van der Waals surface area (Å²) < 4.78 is 31.1. The number of carboxylic acid groups (broad SMARTS) is 1. The molecule has 0 amide bonds. The van der Waals surface area contributed by atoms with Gasteiger partial charge in [-0.1, -0.05) is 54.5 Å². The maximum Gasteiger partial charge on any atom is 0.513 e. The molecule has 40 heavy (non-hydrogen) atoms. The predicted octanol–water partition coefficient (Wildman–Crippen LogP) is 5.55. The quantitative estimate of drug-likeness (QED) is 0.132. The van der Waals surface area contributed by atoms with Crippen LogP contribution in [-0.2, 0) is 30.2 Å². The summed E-state index contributed by atoms with van der Waals surface area (Å²) in [5.41, 5.74) is -2.36. The van der Waals surface area contributed by atoms with Crippen LogP contribution in [0.3, 0.4) is 0 Å². The molecule has 0 aliphatic carbocycles. The number of rotatable bonds is 13. The molecular formula is C28H43NO11. The molecule has 0 saturated carbocycles. The third-order valence-electron chi connectivity index (χ3n) is 4.66. The summed E-state index contributed by atoms with van der Waals surface area (Å²) in [7, 11) is 0. The van der Waals surface area contributed by atoms with Gasteiger partial charge in [-0.15, -0.1) is 0 Å². The lowest BCUT2D eigenvalue weighted by Gasteiger charge is -2.32. The molecule has 1 rings (SSSR count). The number of carbonyl (C=O) groups excluding carboxylic acids is 3. The third-order valence-corrected chi connectivity index (χ3v) is 4.66. The van der Waals surface area contributed by atoms with E-state index in [9.17, 15) is 24.3 Å². The average molecular weight is 570 g/mol. The second-order valence-electron chi connectivity index (χ2n) is 11.7. The van der Waals surface area contributed by atoms with Crippen molar-refractivity contribution in [2.75, 3.05) is 19.8 Å². The molecule has 0 aliphatic rings. The minimum atomic E-state index is -2.24. The number of hydrogen-bond acceptors (Lipinski definition) is 11. The number of carbonyl (C=O) groups is 4. The standard InChI is InChI=1S/C28H43NO11/c1-17(2)14-35-24(32)38-21-11-10-20(12-22(21)39-25(33)36-15-18(3)4)13-28(23(30)31,29-19(5)6)40-26(34)37-16-27(7,8)9/h10-12,17-19,29H,13-16H2,1-9H3,(H,30,31)/t28-/m0/s1. The van der Waals surface area contributed by atoms with Crippen molar-refractivity contribution < 1.29 is 52.7 Å². The minimum absolute atomic E-state index is 0.00136. The zero-order chi connectivity index (χ0) is 30.7. The van der Waals surface area contributed by atoms with Crippen molar-refractivity contribution in [2.45, 2.75) is 80.5 Å². The Labute approximate surface area is 235 Å². The number of ether oxygens (including phenoxy) is 6. The molecule has 0 radical (unpaired) electrons. The first kappa shape index (κ1) is 34.5. The molecule has 0 aliphatic heterocycles. The Kier molecular flexibility index (Phi) is 13.2. The Bertz CT molecular complexity index is 1010. The summed E-state index contributed by atoms with van der Waals surface area (Å²) in [4.78, 5) is 49.4. The van der Waals surface area contributed by atoms with Gasteiger partial charge in [-0.05, 0) is 48.8 Å². The van der Waals surface area contributed by atoms with Gasteiger partial charge >= 0.3 is 24.4 Å². The van der Waals surface area contributed by atoms with E-state index in [1.807, 2.05) is 48.5 Å². The van der Waals surface area contributed by atoms with Crippen LogP contribution in [0.15, 0.2) is 18.2 Å². The summed E-state index contributed by atoms with van der Waals surface area (Å²) in [6.45, 7) is 16.4. The highest BCUT2D eigenvalue weighted by atomic mass is 16.8. The monoisotopic (exact) mass is 569 g/mol. The molecule has 0 saturated heterocycles. The van der Waals surface area contributed by atoms with Crippen LogP contribution in [0.5, 0.6) is 11.5 Å².